The lowest BCUT2D eigenvalue weighted by Crippen LogP contribution is -2.28. The number of benzene rings is 2. The number of nitrogens with one attached hydrogen (secondary N) is 1. The lowest BCUT2D eigenvalue weighted by molar-refractivity contribution is -0.119. The molecule has 0 heterocycles. The molecule has 0 unspecified atom stereocenters. The third-order valence-electron chi connectivity index (χ3n) is 3.78. The number of hydrogen-bond acceptors (Lipinski definition) is 2. The van der Waals surface area contributed by atoms with Crippen LogP contribution in [0.3, 0.4) is 0 Å². The van der Waals surface area contributed by atoms with E-state index in [4.69, 9.17) is 23.2 Å². The van der Waals surface area contributed by atoms with Gasteiger partial charge in [0.05, 0.1) is 11.8 Å². The fourth-order valence-corrected chi connectivity index (χ4v) is 3.96. The van der Waals surface area contributed by atoms with Gasteiger partial charge in [0, 0.05) is 15.8 Å². The largest absolute Gasteiger partial charge is 0.349 e. The Balaban J connectivity index is 1.84. The molecule has 1 N–H and O–H groups in total. The van der Waals surface area contributed by atoms with Crippen molar-refractivity contribution >= 4 is 40.9 Å². The van der Waals surface area contributed by atoms with E-state index in [0.717, 1.165) is 11.1 Å². The first kappa shape index (κ1) is 19.2. The summed E-state index contributed by atoms with van der Waals surface area (Å²) in [7, 11) is 0. The molecule has 0 saturated heterocycles. The van der Waals surface area contributed by atoms with E-state index in [-0.39, 0.29) is 11.9 Å². The number of rotatable bonds is 6. The van der Waals surface area contributed by atoms with E-state index >= 15 is 0 Å². The van der Waals surface area contributed by atoms with Crippen LogP contribution in [0.1, 0.15) is 35.2 Å². The van der Waals surface area contributed by atoms with Crippen LogP contribution >= 0.6 is 35.0 Å². The summed E-state index contributed by atoms with van der Waals surface area (Å²) < 4.78 is 0. The number of amides is 1. The van der Waals surface area contributed by atoms with E-state index in [9.17, 15) is 4.79 Å². The minimum absolute atomic E-state index is 0.00202. The van der Waals surface area contributed by atoms with Gasteiger partial charge >= 0.3 is 0 Å². The number of carbonyl (C=O) groups is 1. The maximum absolute atomic E-state index is 12.1. The Morgan fingerprint density at radius 1 is 1.17 bits per heavy atom. The van der Waals surface area contributed by atoms with Gasteiger partial charge in [0.2, 0.25) is 5.91 Å². The minimum atomic E-state index is -0.00202. The van der Waals surface area contributed by atoms with Crippen LogP contribution in [0.5, 0.6) is 0 Å². The van der Waals surface area contributed by atoms with E-state index < -0.39 is 0 Å². The summed E-state index contributed by atoms with van der Waals surface area (Å²) in [5.74, 6) is 1.10. The van der Waals surface area contributed by atoms with E-state index in [1.807, 2.05) is 19.1 Å². The highest BCUT2D eigenvalue weighted by Crippen LogP contribution is 2.25. The van der Waals surface area contributed by atoms with Crippen molar-refractivity contribution in [2.24, 2.45) is 0 Å². The zero-order valence-electron chi connectivity index (χ0n) is 14.0. The Kier molecular flexibility index (Phi) is 7.02. The molecule has 2 nitrogen and oxygen atoms in total. The average molecular weight is 382 g/mol. The highest BCUT2D eigenvalue weighted by atomic mass is 35.5. The van der Waals surface area contributed by atoms with Gasteiger partial charge in [-0.2, -0.15) is 0 Å². The van der Waals surface area contributed by atoms with Gasteiger partial charge in [0.1, 0.15) is 0 Å². The predicted octanol–water partition coefficient (Wildman–Crippen LogP) is 5.72. The Morgan fingerprint density at radius 2 is 1.92 bits per heavy atom. The second-order valence-electron chi connectivity index (χ2n) is 5.88. The molecule has 2 aromatic rings. The maximum atomic E-state index is 12.1. The molecule has 0 aromatic heterocycles. The first-order valence-corrected chi connectivity index (χ1v) is 9.66. The lowest BCUT2D eigenvalue weighted by atomic mass is 10.0. The van der Waals surface area contributed by atoms with Gasteiger partial charge < -0.3 is 5.32 Å². The van der Waals surface area contributed by atoms with Crippen molar-refractivity contribution in [2.45, 2.75) is 32.6 Å². The molecular weight excluding hydrogens is 361 g/mol. The molecule has 0 aliphatic carbocycles. The van der Waals surface area contributed by atoms with Crippen molar-refractivity contribution in [3.63, 3.8) is 0 Å². The highest BCUT2D eigenvalue weighted by molar-refractivity contribution is 7.99. The monoisotopic (exact) mass is 381 g/mol. The predicted molar refractivity (Wildman–Crippen MR) is 105 cm³/mol. The van der Waals surface area contributed by atoms with Crippen molar-refractivity contribution in [1.29, 1.82) is 0 Å². The smallest absolute Gasteiger partial charge is 0.230 e. The van der Waals surface area contributed by atoms with E-state index in [2.05, 4.69) is 37.4 Å². The van der Waals surface area contributed by atoms with Gasteiger partial charge in [-0.1, -0.05) is 53.0 Å². The maximum Gasteiger partial charge on any atom is 0.230 e. The van der Waals surface area contributed by atoms with Gasteiger partial charge in [0.25, 0.3) is 0 Å². The van der Waals surface area contributed by atoms with Gasteiger partial charge in [-0.3, -0.25) is 4.79 Å². The third kappa shape index (κ3) is 5.44. The van der Waals surface area contributed by atoms with Crippen LogP contribution < -0.4 is 5.32 Å². The van der Waals surface area contributed by atoms with E-state index in [1.54, 1.807) is 6.07 Å². The summed E-state index contributed by atoms with van der Waals surface area (Å²) in [5, 5.41) is 4.31. The van der Waals surface area contributed by atoms with Crippen LogP contribution in [0.2, 0.25) is 10.0 Å². The van der Waals surface area contributed by atoms with E-state index in [0.29, 0.717) is 21.6 Å². The molecule has 0 radical (unpaired) electrons. The van der Waals surface area contributed by atoms with Crippen molar-refractivity contribution < 1.29 is 4.79 Å². The van der Waals surface area contributed by atoms with Gasteiger partial charge in [-0.05, 0) is 49.6 Å². The second-order valence-corrected chi connectivity index (χ2v) is 7.71. The first-order chi connectivity index (χ1) is 11.4. The van der Waals surface area contributed by atoms with Crippen molar-refractivity contribution in [3.05, 3.63) is 68.7 Å². The molecule has 128 valence electrons. The van der Waals surface area contributed by atoms with Crippen molar-refractivity contribution in [2.75, 3.05) is 5.75 Å². The molecule has 0 aliphatic rings. The quantitative estimate of drug-likeness (QED) is 0.692. The van der Waals surface area contributed by atoms with Crippen LogP contribution in [0.4, 0.5) is 0 Å². The molecular formula is C19H21Cl2NOS. The first-order valence-electron chi connectivity index (χ1n) is 7.75. The standard InChI is InChI=1S/C19H21Cl2NOS/c1-12-4-7-17(13(2)8-12)14(3)22-19(23)11-24-10-15-5-6-16(20)9-18(15)21/h4-9,14H,10-11H2,1-3H3,(H,22,23)/t14-/m1/s1. The number of thioether (sulfide) groups is 1. The Hall–Kier alpha value is -1.16. The topological polar surface area (TPSA) is 29.1 Å². The van der Waals surface area contributed by atoms with Crippen LogP contribution in [-0.2, 0) is 10.5 Å². The third-order valence-corrected chi connectivity index (χ3v) is 5.34. The van der Waals surface area contributed by atoms with Gasteiger partial charge in [0.15, 0.2) is 0 Å². The van der Waals surface area contributed by atoms with Crippen LogP contribution in [-0.4, -0.2) is 11.7 Å². The second kappa shape index (κ2) is 8.80. The van der Waals surface area contributed by atoms with Crippen molar-refractivity contribution in [3.8, 4) is 0 Å². The van der Waals surface area contributed by atoms with Crippen LogP contribution in [0.15, 0.2) is 36.4 Å². The molecule has 0 saturated carbocycles. The fourth-order valence-electron chi connectivity index (χ4n) is 2.56. The van der Waals surface area contributed by atoms with Crippen LogP contribution in [0.25, 0.3) is 0 Å². The molecule has 5 heteroatoms. The average Bonchev–Trinajstić information content (AvgIpc) is 2.49. The van der Waals surface area contributed by atoms with Gasteiger partial charge in [-0.15, -0.1) is 11.8 Å². The molecule has 24 heavy (non-hydrogen) atoms. The number of halogens is 2. The number of hydrogen-bond donors (Lipinski definition) is 1. The molecule has 2 aromatic carbocycles. The molecule has 0 fully saturated rings. The fraction of sp³-hybridized carbons (Fsp3) is 0.316. The summed E-state index contributed by atoms with van der Waals surface area (Å²) in [6, 6.07) is 11.7. The van der Waals surface area contributed by atoms with E-state index in [1.165, 1.54) is 22.9 Å². The zero-order chi connectivity index (χ0) is 17.7. The molecule has 1 amide bonds. The SMILES string of the molecule is Cc1ccc([C@@H](C)NC(=O)CSCc2ccc(Cl)cc2Cl)c(C)c1. The summed E-state index contributed by atoms with van der Waals surface area (Å²) in [5.41, 5.74) is 4.56. The molecule has 0 spiro atoms. The lowest BCUT2D eigenvalue weighted by Gasteiger charge is -2.17. The summed E-state index contributed by atoms with van der Waals surface area (Å²) in [4.78, 5) is 12.1. The normalized spacial score (nSPS) is 12.0. The number of carbonyl (C=O) groups excluding carboxylic acids is 1. The molecule has 0 bridgehead atoms. The summed E-state index contributed by atoms with van der Waals surface area (Å²) in [6.07, 6.45) is 0. The molecule has 1 atom stereocenters. The summed E-state index contributed by atoms with van der Waals surface area (Å²) >= 11 is 13.6. The zero-order valence-corrected chi connectivity index (χ0v) is 16.4. The number of aryl methyl sites for hydroxylation is 2. The Bertz CT molecular complexity index is 733. The van der Waals surface area contributed by atoms with Gasteiger partial charge in [-0.25, -0.2) is 0 Å². The highest BCUT2D eigenvalue weighted by Gasteiger charge is 2.12. The molecule has 2 rings (SSSR count). The Morgan fingerprint density at radius 3 is 2.58 bits per heavy atom. The summed E-state index contributed by atoms with van der Waals surface area (Å²) in [6.45, 7) is 6.15. The minimum Gasteiger partial charge on any atom is -0.349 e. The Labute approximate surface area is 157 Å². The molecule has 0 aliphatic heterocycles. The van der Waals surface area contributed by atoms with Crippen LogP contribution in [0, 0.1) is 13.8 Å². The van der Waals surface area contributed by atoms with Crippen molar-refractivity contribution in [1.82, 2.24) is 5.32 Å².